The highest BCUT2D eigenvalue weighted by atomic mass is 16.5. The van der Waals surface area contributed by atoms with Crippen LogP contribution >= 0.6 is 0 Å². The Morgan fingerprint density at radius 1 is 1.15 bits per heavy atom. The molecule has 4 rings (SSSR count). The van der Waals surface area contributed by atoms with Crippen molar-refractivity contribution in [2.24, 2.45) is 5.92 Å². The van der Waals surface area contributed by atoms with Crippen LogP contribution in [0, 0.1) is 17.2 Å². The highest BCUT2D eigenvalue weighted by Gasteiger charge is 2.34. The van der Waals surface area contributed by atoms with E-state index in [1.807, 2.05) is 24.3 Å². The Morgan fingerprint density at radius 2 is 2.04 bits per heavy atom. The third-order valence-corrected chi connectivity index (χ3v) is 5.23. The molecule has 0 radical (unpaired) electrons. The molecule has 0 N–H and O–H groups in total. The molecule has 0 saturated carbocycles. The van der Waals surface area contributed by atoms with Crippen LogP contribution in [0.25, 0.3) is 0 Å². The quantitative estimate of drug-likeness (QED) is 0.845. The number of nitrogens with zero attached hydrogens (tertiary/aromatic N) is 5. The van der Waals surface area contributed by atoms with Gasteiger partial charge in [0.15, 0.2) is 0 Å². The van der Waals surface area contributed by atoms with E-state index in [4.69, 9.17) is 10.00 Å². The van der Waals surface area contributed by atoms with Crippen LogP contribution in [0.1, 0.15) is 17.5 Å². The third-order valence-electron chi connectivity index (χ3n) is 5.23. The molecule has 2 aliphatic heterocycles. The van der Waals surface area contributed by atoms with Crippen molar-refractivity contribution in [2.45, 2.75) is 19.1 Å². The number of benzene rings is 1. The van der Waals surface area contributed by atoms with Gasteiger partial charge in [-0.3, -0.25) is 4.90 Å². The van der Waals surface area contributed by atoms with Crippen LogP contribution < -0.4 is 4.90 Å². The summed E-state index contributed by atoms with van der Waals surface area (Å²) < 4.78 is 6.18. The number of fused-ring (bicyclic) bond motifs is 1. The predicted octanol–water partition coefficient (Wildman–Crippen LogP) is 2.08. The molecular formula is C20H23N5O. The molecule has 2 saturated heterocycles. The van der Waals surface area contributed by atoms with E-state index in [-0.39, 0.29) is 6.10 Å². The van der Waals surface area contributed by atoms with Gasteiger partial charge >= 0.3 is 0 Å². The lowest BCUT2D eigenvalue weighted by atomic mass is 9.93. The highest BCUT2D eigenvalue weighted by Crippen LogP contribution is 2.26. The summed E-state index contributed by atoms with van der Waals surface area (Å²) in [6.45, 7) is 5.34. The Hall–Kier alpha value is -2.49. The van der Waals surface area contributed by atoms with Gasteiger partial charge in [0.1, 0.15) is 0 Å². The van der Waals surface area contributed by atoms with Gasteiger partial charge in [0.2, 0.25) is 5.95 Å². The molecule has 134 valence electrons. The smallest absolute Gasteiger partial charge is 0.225 e. The van der Waals surface area contributed by atoms with Crippen LogP contribution in [0.3, 0.4) is 0 Å². The van der Waals surface area contributed by atoms with Gasteiger partial charge in [-0.25, -0.2) is 9.97 Å². The molecular weight excluding hydrogens is 326 g/mol. The van der Waals surface area contributed by atoms with E-state index in [2.05, 4.69) is 31.9 Å². The van der Waals surface area contributed by atoms with Gasteiger partial charge < -0.3 is 9.64 Å². The summed E-state index contributed by atoms with van der Waals surface area (Å²) in [5.41, 5.74) is 1.91. The van der Waals surface area contributed by atoms with Crippen molar-refractivity contribution in [2.75, 3.05) is 37.7 Å². The van der Waals surface area contributed by atoms with E-state index in [9.17, 15) is 0 Å². The minimum Gasteiger partial charge on any atom is -0.375 e. The van der Waals surface area contributed by atoms with Crippen LogP contribution in [-0.4, -0.2) is 53.8 Å². The van der Waals surface area contributed by atoms with E-state index in [1.54, 1.807) is 12.4 Å². The number of hydrogen-bond donors (Lipinski definition) is 0. The molecule has 26 heavy (non-hydrogen) atoms. The first-order valence-corrected chi connectivity index (χ1v) is 9.17. The molecule has 2 aliphatic rings. The average Bonchev–Trinajstić information content (AvgIpc) is 2.91. The van der Waals surface area contributed by atoms with Gasteiger partial charge in [0, 0.05) is 44.5 Å². The number of rotatable bonds is 3. The maximum absolute atomic E-state index is 9.07. The van der Waals surface area contributed by atoms with Gasteiger partial charge in [-0.1, -0.05) is 12.1 Å². The van der Waals surface area contributed by atoms with E-state index in [1.165, 1.54) is 5.56 Å². The zero-order valence-corrected chi connectivity index (χ0v) is 14.8. The maximum atomic E-state index is 9.07. The molecule has 1 aromatic carbocycles. The Bertz CT molecular complexity index is 775. The molecule has 0 aliphatic carbocycles. The fraction of sp³-hybridized carbons (Fsp3) is 0.450. The summed E-state index contributed by atoms with van der Waals surface area (Å²) >= 11 is 0. The fourth-order valence-electron chi connectivity index (χ4n) is 3.89. The van der Waals surface area contributed by atoms with Crippen molar-refractivity contribution in [3.05, 3.63) is 53.9 Å². The summed E-state index contributed by atoms with van der Waals surface area (Å²) in [5, 5.41) is 9.07. The Morgan fingerprint density at radius 3 is 2.88 bits per heavy atom. The Balaban J connectivity index is 1.39. The van der Waals surface area contributed by atoms with Crippen molar-refractivity contribution < 1.29 is 4.74 Å². The number of anilines is 1. The van der Waals surface area contributed by atoms with Gasteiger partial charge in [0.25, 0.3) is 0 Å². The number of hydrogen-bond acceptors (Lipinski definition) is 6. The molecule has 0 unspecified atom stereocenters. The molecule has 6 heteroatoms. The van der Waals surface area contributed by atoms with E-state index < -0.39 is 0 Å². The minimum atomic E-state index is 0.247. The largest absolute Gasteiger partial charge is 0.375 e. The average molecular weight is 349 g/mol. The molecule has 6 nitrogen and oxygen atoms in total. The Labute approximate surface area is 154 Å². The van der Waals surface area contributed by atoms with E-state index in [0.29, 0.717) is 12.5 Å². The first kappa shape index (κ1) is 17.0. The van der Waals surface area contributed by atoms with Crippen LogP contribution in [0.2, 0.25) is 0 Å². The number of likely N-dealkylation sites (tertiary alicyclic amines) is 1. The second-order valence-electron chi connectivity index (χ2n) is 7.00. The van der Waals surface area contributed by atoms with Gasteiger partial charge in [-0.2, -0.15) is 5.26 Å². The lowest BCUT2D eigenvalue weighted by Gasteiger charge is -2.38. The zero-order valence-electron chi connectivity index (χ0n) is 14.8. The standard InChI is InChI=1S/C20H23N5O/c21-12-16-3-1-4-17(11-16)13-24-8-5-18-14-25(9-10-26-19(18)15-24)20-22-6-2-7-23-20/h1-4,6-7,11,18-19H,5,8-10,13-15H2/t18-,19-/m0/s1. The molecule has 2 aromatic rings. The molecule has 2 atom stereocenters. The number of piperidine rings is 1. The monoisotopic (exact) mass is 349 g/mol. The molecule has 0 bridgehead atoms. The Kier molecular flexibility index (Phi) is 5.09. The normalized spacial score (nSPS) is 23.7. The number of ether oxygens (including phenoxy) is 1. The summed E-state index contributed by atoms with van der Waals surface area (Å²) in [5.74, 6) is 1.30. The lowest BCUT2D eigenvalue weighted by Crippen LogP contribution is -2.46. The molecule has 2 fully saturated rings. The van der Waals surface area contributed by atoms with Gasteiger partial charge in [-0.05, 0) is 36.7 Å². The highest BCUT2D eigenvalue weighted by molar-refractivity contribution is 5.33. The van der Waals surface area contributed by atoms with Crippen molar-refractivity contribution >= 4 is 5.95 Å². The second kappa shape index (κ2) is 7.81. The van der Waals surface area contributed by atoms with E-state index in [0.717, 1.165) is 50.7 Å². The van der Waals surface area contributed by atoms with Gasteiger partial charge in [-0.15, -0.1) is 0 Å². The second-order valence-corrected chi connectivity index (χ2v) is 7.00. The predicted molar refractivity (Wildman–Crippen MR) is 98.5 cm³/mol. The molecule has 3 heterocycles. The third kappa shape index (κ3) is 3.85. The summed E-state index contributed by atoms with van der Waals surface area (Å²) in [6.07, 6.45) is 4.94. The van der Waals surface area contributed by atoms with Crippen LogP contribution in [-0.2, 0) is 11.3 Å². The van der Waals surface area contributed by atoms with Crippen molar-refractivity contribution in [1.29, 1.82) is 5.26 Å². The van der Waals surface area contributed by atoms with Crippen molar-refractivity contribution in [1.82, 2.24) is 14.9 Å². The summed E-state index contributed by atoms with van der Waals surface area (Å²) in [6, 6.07) is 11.9. The maximum Gasteiger partial charge on any atom is 0.225 e. The van der Waals surface area contributed by atoms with Crippen molar-refractivity contribution in [3.63, 3.8) is 0 Å². The minimum absolute atomic E-state index is 0.247. The van der Waals surface area contributed by atoms with Crippen LogP contribution in [0.4, 0.5) is 5.95 Å². The van der Waals surface area contributed by atoms with Crippen LogP contribution in [0.5, 0.6) is 0 Å². The number of nitriles is 1. The first-order chi connectivity index (χ1) is 12.8. The first-order valence-electron chi connectivity index (χ1n) is 9.17. The van der Waals surface area contributed by atoms with Gasteiger partial charge in [0.05, 0.1) is 24.3 Å². The number of aromatic nitrogens is 2. The van der Waals surface area contributed by atoms with E-state index >= 15 is 0 Å². The van der Waals surface area contributed by atoms with Crippen molar-refractivity contribution in [3.8, 4) is 6.07 Å². The van der Waals surface area contributed by atoms with Crippen LogP contribution in [0.15, 0.2) is 42.7 Å². The molecule has 1 aromatic heterocycles. The molecule has 0 amide bonds. The SMILES string of the molecule is N#Cc1cccc(CN2CC[C@H]3CN(c4ncccn4)CCO[C@H]3C2)c1. The lowest BCUT2D eigenvalue weighted by molar-refractivity contribution is -0.0239. The fourth-order valence-corrected chi connectivity index (χ4v) is 3.89. The summed E-state index contributed by atoms with van der Waals surface area (Å²) in [4.78, 5) is 13.5. The topological polar surface area (TPSA) is 65.3 Å². The summed E-state index contributed by atoms with van der Waals surface area (Å²) in [7, 11) is 0. The zero-order chi connectivity index (χ0) is 17.8. The molecule has 0 spiro atoms.